The minimum absolute atomic E-state index is 0.266. The number of pyridine rings is 1. The summed E-state index contributed by atoms with van der Waals surface area (Å²) in [5.41, 5.74) is 3.56. The quantitative estimate of drug-likeness (QED) is 0.606. The molecule has 1 heterocycles. The molecule has 3 rings (SSSR count). The van der Waals surface area contributed by atoms with Crippen LogP contribution in [0.3, 0.4) is 0 Å². The number of aromatic nitrogens is 1. The van der Waals surface area contributed by atoms with E-state index in [1.165, 1.54) is 6.07 Å². The molecule has 0 aliphatic rings. The van der Waals surface area contributed by atoms with Crippen molar-refractivity contribution < 1.29 is 4.39 Å². The van der Waals surface area contributed by atoms with E-state index in [2.05, 4.69) is 30.1 Å². The molecule has 3 heteroatoms. The van der Waals surface area contributed by atoms with Crippen LogP contribution in [0.4, 0.5) is 4.39 Å². The average Bonchev–Trinajstić information content (AvgIpc) is 2.54. The molecule has 0 unspecified atom stereocenters. The molecule has 2 aromatic carbocycles. The summed E-state index contributed by atoms with van der Waals surface area (Å²) in [5.74, 6) is -0.266. The van der Waals surface area contributed by atoms with Crippen molar-refractivity contribution >= 4 is 22.7 Å². The molecule has 0 aliphatic carbocycles. The Morgan fingerprint density at radius 2 is 1.90 bits per heavy atom. The Hall–Kier alpha value is -1.87. The van der Waals surface area contributed by atoms with E-state index in [0.29, 0.717) is 5.52 Å². The van der Waals surface area contributed by atoms with Crippen molar-refractivity contribution in [3.05, 3.63) is 59.9 Å². The van der Waals surface area contributed by atoms with E-state index in [-0.39, 0.29) is 5.82 Å². The number of aryl methyl sites for hydroxylation is 1. The minimum Gasteiger partial charge on any atom is -0.244 e. The molecule has 0 atom stereocenters. The molecular formula is C18H16FNS. The molecule has 106 valence electrons. The summed E-state index contributed by atoms with van der Waals surface area (Å²) >= 11 is 1.69. The van der Waals surface area contributed by atoms with Gasteiger partial charge in [-0.2, -0.15) is 0 Å². The van der Waals surface area contributed by atoms with Crippen molar-refractivity contribution in [2.45, 2.75) is 18.2 Å². The maximum atomic E-state index is 14.0. The number of fused-ring (bicyclic) bond motifs is 1. The second-order valence-electron chi connectivity index (χ2n) is 4.86. The van der Waals surface area contributed by atoms with Crippen LogP contribution >= 0.6 is 11.8 Å². The molecule has 3 aromatic rings. The summed E-state index contributed by atoms with van der Waals surface area (Å²) in [5, 5.41) is 0.859. The van der Waals surface area contributed by atoms with Crippen molar-refractivity contribution in [3.8, 4) is 11.3 Å². The van der Waals surface area contributed by atoms with Crippen LogP contribution in [0.5, 0.6) is 0 Å². The van der Waals surface area contributed by atoms with Gasteiger partial charge in [0.2, 0.25) is 0 Å². The standard InChI is InChI=1S/C18H16FNS/c1-3-12-11-13-7-6-9-15(19)18(13)20-17(12)14-8-4-5-10-16(14)21-2/h4-11H,3H2,1-2H3. The van der Waals surface area contributed by atoms with Crippen LogP contribution in [-0.2, 0) is 6.42 Å². The smallest absolute Gasteiger partial charge is 0.149 e. The van der Waals surface area contributed by atoms with Gasteiger partial charge in [-0.05, 0) is 36.4 Å². The van der Waals surface area contributed by atoms with Crippen molar-refractivity contribution in [3.63, 3.8) is 0 Å². The summed E-state index contributed by atoms with van der Waals surface area (Å²) in [6.45, 7) is 2.10. The van der Waals surface area contributed by atoms with E-state index >= 15 is 0 Å². The van der Waals surface area contributed by atoms with E-state index in [9.17, 15) is 4.39 Å². The van der Waals surface area contributed by atoms with Gasteiger partial charge in [-0.15, -0.1) is 11.8 Å². The highest BCUT2D eigenvalue weighted by atomic mass is 32.2. The minimum atomic E-state index is -0.266. The summed E-state index contributed by atoms with van der Waals surface area (Å²) in [6.07, 6.45) is 2.92. The Kier molecular flexibility index (Phi) is 3.93. The number of halogens is 1. The van der Waals surface area contributed by atoms with E-state index in [4.69, 9.17) is 0 Å². The van der Waals surface area contributed by atoms with Gasteiger partial charge < -0.3 is 0 Å². The molecule has 1 nitrogen and oxygen atoms in total. The molecular weight excluding hydrogens is 281 g/mol. The molecule has 0 radical (unpaired) electrons. The van der Waals surface area contributed by atoms with E-state index in [1.54, 1.807) is 17.8 Å². The first-order valence-corrected chi connectivity index (χ1v) is 8.18. The predicted octanol–water partition coefficient (Wildman–Crippen LogP) is 5.33. The van der Waals surface area contributed by atoms with Gasteiger partial charge in [-0.3, -0.25) is 0 Å². The zero-order valence-electron chi connectivity index (χ0n) is 12.1. The summed E-state index contributed by atoms with van der Waals surface area (Å²) in [7, 11) is 0. The van der Waals surface area contributed by atoms with Crippen molar-refractivity contribution in [2.24, 2.45) is 0 Å². The number of para-hydroxylation sites is 1. The van der Waals surface area contributed by atoms with Gasteiger partial charge in [0.1, 0.15) is 11.3 Å². The van der Waals surface area contributed by atoms with Gasteiger partial charge in [-0.25, -0.2) is 9.37 Å². The molecule has 0 saturated heterocycles. The highest BCUT2D eigenvalue weighted by Crippen LogP contribution is 2.33. The van der Waals surface area contributed by atoms with Gasteiger partial charge in [0.05, 0.1) is 5.69 Å². The molecule has 0 aliphatic heterocycles. The molecule has 0 fully saturated rings. The van der Waals surface area contributed by atoms with Gasteiger partial charge in [0.15, 0.2) is 0 Å². The Labute approximate surface area is 128 Å². The van der Waals surface area contributed by atoms with Gasteiger partial charge in [0.25, 0.3) is 0 Å². The van der Waals surface area contributed by atoms with Crippen LogP contribution in [-0.4, -0.2) is 11.2 Å². The van der Waals surface area contributed by atoms with Crippen molar-refractivity contribution in [2.75, 3.05) is 6.26 Å². The lowest BCUT2D eigenvalue weighted by Gasteiger charge is -2.12. The first kappa shape index (κ1) is 14.1. The third-order valence-electron chi connectivity index (χ3n) is 3.62. The molecule has 0 spiro atoms. The normalized spacial score (nSPS) is 11.0. The Morgan fingerprint density at radius 1 is 1.10 bits per heavy atom. The lowest BCUT2D eigenvalue weighted by atomic mass is 10.0. The highest BCUT2D eigenvalue weighted by molar-refractivity contribution is 7.98. The van der Waals surface area contributed by atoms with Crippen molar-refractivity contribution in [1.29, 1.82) is 0 Å². The largest absolute Gasteiger partial charge is 0.244 e. The zero-order valence-corrected chi connectivity index (χ0v) is 12.9. The second kappa shape index (κ2) is 5.86. The first-order chi connectivity index (χ1) is 10.2. The van der Waals surface area contributed by atoms with Crippen LogP contribution in [0, 0.1) is 5.82 Å². The van der Waals surface area contributed by atoms with E-state index < -0.39 is 0 Å². The molecule has 0 N–H and O–H groups in total. The third kappa shape index (κ3) is 2.54. The number of thioether (sulfide) groups is 1. The van der Waals surface area contributed by atoms with Gasteiger partial charge in [0, 0.05) is 15.8 Å². The molecule has 21 heavy (non-hydrogen) atoms. The van der Waals surface area contributed by atoms with E-state index in [1.807, 2.05) is 24.5 Å². The monoisotopic (exact) mass is 297 g/mol. The first-order valence-electron chi connectivity index (χ1n) is 6.96. The topological polar surface area (TPSA) is 12.9 Å². The lowest BCUT2D eigenvalue weighted by molar-refractivity contribution is 0.637. The number of hydrogen-bond donors (Lipinski definition) is 0. The molecule has 0 saturated carbocycles. The van der Waals surface area contributed by atoms with Gasteiger partial charge in [-0.1, -0.05) is 37.3 Å². The maximum Gasteiger partial charge on any atom is 0.149 e. The fraction of sp³-hybridized carbons (Fsp3) is 0.167. The second-order valence-corrected chi connectivity index (χ2v) is 5.71. The van der Waals surface area contributed by atoms with Crippen LogP contribution in [0.25, 0.3) is 22.2 Å². The average molecular weight is 297 g/mol. The third-order valence-corrected chi connectivity index (χ3v) is 4.41. The fourth-order valence-corrected chi connectivity index (χ4v) is 3.15. The van der Waals surface area contributed by atoms with Crippen LogP contribution in [0.1, 0.15) is 12.5 Å². The summed E-state index contributed by atoms with van der Waals surface area (Å²) < 4.78 is 14.0. The summed E-state index contributed by atoms with van der Waals surface area (Å²) in [6, 6.07) is 15.3. The Morgan fingerprint density at radius 3 is 2.67 bits per heavy atom. The number of hydrogen-bond acceptors (Lipinski definition) is 2. The van der Waals surface area contributed by atoms with Gasteiger partial charge >= 0.3 is 0 Å². The Bertz CT molecular complexity index is 798. The number of nitrogens with zero attached hydrogens (tertiary/aromatic N) is 1. The number of rotatable bonds is 3. The lowest BCUT2D eigenvalue weighted by Crippen LogP contribution is -1.96. The maximum absolute atomic E-state index is 14.0. The zero-order chi connectivity index (χ0) is 14.8. The highest BCUT2D eigenvalue weighted by Gasteiger charge is 2.13. The van der Waals surface area contributed by atoms with E-state index in [0.717, 1.165) is 33.5 Å². The fourth-order valence-electron chi connectivity index (χ4n) is 2.55. The summed E-state index contributed by atoms with van der Waals surface area (Å²) in [4.78, 5) is 5.80. The Balaban J connectivity index is 2.33. The predicted molar refractivity (Wildman–Crippen MR) is 88.3 cm³/mol. The molecule has 0 bridgehead atoms. The van der Waals surface area contributed by atoms with Crippen LogP contribution in [0.2, 0.25) is 0 Å². The SMILES string of the molecule is CCc1cc2cccc(F)c2nc1-c1ccccc1SC. The molecule has 0 amide bonds. The molecule has 1 aromatic heterocycles. The number of benzene rings is 2. The van der Waals surface area contributed by atoms with Crippen LogP contribution in [0.15, 0.2) is 53.4 Å². The van der Waals surface area contributed by atoms with Crippen LogP contribution < -0.4 is 0 Å². The van der Waals surface area contributed by atoms with Crippen molar-refractivity contribution in [1.82, 2.24) is 4.98 Å².